The fourth-order valence-electron chi connectivity index (χ4n) is 4.11. The van der Waals surface area contributed by atoms with Crippen molar-refractivity contribution in [3.8, 4) is 11.1 Å². The minimum absolute atomic E-state index is 0.183. The average Bonchev–Trinajstić information content (AvgIpc) is 2.72. The van der Waals surface area contributed by atoms with E-state index < -0.39 is 46.2 Å². The van der Waals surface area contributed by atoms with Gasteiger partial charge in [0, 0.05) is 30.9 Å². The minimum atomic E-state index is -1.71. The zero-order valence-electron chi connectivity index (χ0n) is 21.5. The van der Waals surface area contributed by atoms with Gasteiger partial charge < -0.3 is 19.5 Å². The molecule has 2 aromatic rings. The SMILES string of the molecule is CC(C)(C)OC(=O)N[C@](C)(CC1(C)C(=O)OC(C)(C)OC1=O)c1ccc(-c2cc(Cl)ccc2F)cc1. The van der Waals surface area contributed by atoms with E-state index in [9.17, 15) is 18.8 Å². The standard InChI is InChI=1S/C27H31ClFNO6/c1-24(2,3)36-23(33)30-27(7,15-26(6)21(31)34-25(4,5)35-22(26)32)17-10-8-16(9-11-17)19-14-18(28)12-13-20(19)29/h8-14H,15H2,1-7H3,(H,30,33)/t27-/m1/s1. The Kier molecular flexibility index (Phi) is 7.16. The Bertz CT molecular complexity index is 1170. The van der Waals surface area contributed by atoms with E-state index >= 15 is 0 Å². The third-order valence-corrected chi connectivity index (χ3v) is 6.06. The van der Waals surface area contributed by atoms with Gasteiger partial charge in [0.2, 0.25) is 0 Å². The molecule has 0 aliphatic carbocycles. The number of carbonyl (C=O) groups is 3. The molecule has 0 saturated carbocycles. The van der Waals surface area contributed by atoms with Crippen molar-refractivity contribution >= 4 is 29.6 Å². The lowest BCUT2D eigenvalue weighted by atomic mass is 9.73. The molecule has 9 heteroatoms. The average molecular weight is 520 g/mol. The summed E-state index contributed by atoms with van der Waals surface area (Å²) in [5, 5.41) is 3.19. The maximum Gasteiger partial charge on any atom is 0.408 e. The number of cyclic esters (lactones) is 2. The summed E-state index contributed by atoms with van der Waals surface area (Å²) >= 11 is 6.04. The van der Waals surface area contributed by atoms with Gasteiger partial charge in [0.15, 0.2) is 5.41 Å². The molecule has 2 aromatic carbocycles. The van der Waals surface area contributed by atoms with Crippen molar-refractivity contribution in [3.05, 3.63) is 58.9 Å². The monoisotopic (exact) mass is 519 g/mol. The number of hydrogen-bond donors (Lipinski definition) is 1. The normalized spacial score (nSPS) is 18.5. The highest BCUT2D eigenvalue weighted by Gasteiger charge is 2.56. The molecule has 1 aliphatic rings. The molecule has 0 unspecified atom stereocenters. The van der Waals surface area contributed by atoms with Crippen LogP contribution in [0.1, 0.15) is 60.5 Å². The van der Waals surface area contributed by atoms with Gasteiger partial charge in [-0.1, -0.05) is 35.9 Å². The molecular weight excluding hydrogens is 489 g/mol. The molecule has 3 rings (SSSR count). The first-order valence-electron chi connectivity index (χ1n) is 11.5. The van der Waals surface area contributed by atoms with Crippen LogP contribution in [0.5, 0.6) is 0 Å². The largest absolute Gasteiger partial charge is 0.444 e. The summed E-state index contributed by atoms with van der Waals surface area (Å²) in [4.78, 5) is 38.7. The molecule has 0 aromatic heterocycles. The van der Waals surface area contributed by atoms with E-state index in [1.165, 1.54) is 39.0 Å². The fourth-order valence-corrected chi connectivity index (χ4v) is 4.28. The van der Waals surface area contributed by atoms with Crippen LogP contribution in [0.2, 0.25) is 5.02 Å². The molecule has 7 nitrogen and oxygen atoms in total. The molecule has 194 valence electrons. The lowest BCUT2D eigenvalue weighted by molar-refractivity contribution is -0.251. The van der Waals surface area contributed by atoms with Crippen LogP contribution in [0.4, 0.5) is 9.18 Å². The summed E-state index contributed by atoms with van der Waals surface area (Å²) in [5.41, 5.74) is -2.35. The van der Waals surface area contributed by atoms with Crippen molar-refractivity contribution < 1.29 is 33.0 Å². The van der Waals surface area contributed by atoms with Gasteiger partial charge in [-0.25, -0.2) is 9.18 Å². The van der Waals surface area contributed by atoms with Gasteiger partial charge in [0.25, 0.3) is 5.79 Å². The van der Waals surface area contributed by atoms with Crippen molar-refractivity contribution in [1.82, 2.24) is 5.32 Å². The number of amides is 1. The summed E-state index contributed by atoms with van der Waals surface area (Å²) in [6, 6.07) is 11.0. The summed E-state index contributed by atoms with van der Waals surface area (Å²) in [6.45, 7) is 11.2. The number of hydrogen-bond acceptors (Lipinski definition) is 6. The molecule has 0 spiro atoms. The third kappa shape index (κ3) is 5.98. The molecule has 0 bridgehead atoms. The summed E-state index contributed by atoms with van der Waals surface area (Å²) in [6.07, 6.45) is -0.922. The van der Waals surface area contributed by atoms with Crippen LogP contribution in [0, 0.1) is 11.2 Å². The van der Waals surface area contributed by atoms with Crippen molar-refractivity contribution in [2.24, 2.45) is 5.41 Å². The van der Waals surface area contributed by atoms with E-state index in [1.54, 1.807) is 52.0 Å². The Labute approximate surface area is 215 Å². The summed E-state index contributed by atoms with van der Waals surface area (Å²) < 4.78 is 30.5. The molecule has 1 atom stereocenters. The van der Waals surface area contributed by atoms with Crippen LogP contribution in [-0.4, -0.2) is 29.4 Å². The molecule has 36 heavy (non-hydrogen) atoms. The van der Waals surface area contributed by atoms with Gasteiger partial charge >= 0.3 is 18.0 Å². The molecule has 0 radical (unpaired) electrons. The Hall–Kier alpha value is -3.13. The lowest BCUT2D eigenvalue weighted by Gasteiger charge is -2.43. The number of halogens is 2. The maximum absolute atomic E-state index is 14.4. The van der Waals surface area contributed by atoms with Crippen molar-refractivity contribution in [2.45, 2.75) is 71.8 Å². The van der Waals surface area contributed by atoms with E-state index in [-0.39, 0.29) is 6.42 Å². The first-order valence-corrected chi connectivity index (χ1v) is 11.9. The Balaban J connectivity index is 2.02. The fraction of sp³-hybridized carbons (Fsp3) is 0.444. The van der Waals surface area contributed by atoms with Gasteiger partial charge in [-0.05, 0) is 63.9 Å². The summed E-state index contributed by atoms with van der Waals surface area (Å²) in [7, 11) is 0. The first kappa shape index (κ1) is 27.5. The van der Waals surface area contributed by atoms with E-state index in [2.05, 4.69) is 5.32 Å². The zero-order chi connectivity index (χ0) is 27.1. The number of ether oxygens (including phenoxy) is 3. The number of nitrogens with one attached hydrogen (secondary N) is 1. The van der Waals surface area contributed by atoms with Crippen LogP contribution in [-0.2, 0) is 29.3 Å². The van der Waals surface area contributed by atoms with Gasteiger partial charge in [-0.2, -0.15) is 0 Å². The number of carbonyl (C=O) groups excluding carboxylic acids is 3. The Morgan fingerprint density at radius 3 is 2.08 bits per heavy atom. The third-order valence-electron chi connectivity index (χ3n) is 5.82. The summed E-state index contributed by atoms with van der Waals surface area (Å²) in [5.74, 6) is -3.37. The number of benzene rings is 2. The van der Waals surface area contributed by atoms with Crippen molar-refractivity contribution in [2.75, 3.05) is 0 Å². The Morgan fingerprint density at radius 2 is 1.56 bits per heavy atom. The van der Waals surface area contributed by atoms with Gasteiger partial charge in [0.05, 0.1) is 5.54 Å². The highest BCUT2D eigenvalue weighted by molar-refractivity contribution is 6.30. The molecule has 1 saturated heterocycles. The molecular formula is C27H31ClFNO6. The zero-order valence-corrected chi connectivity index (χ0v) is 22.2. The first-order chi connectivity index (χ1) is 16.4. The van der Waals surface area contributed by atoms with E-state index in [1.807, 2.05) is 0 Å². The van der Waals surface area contributed by atoms with Crippen LogP contribution in [0.25, 0.3) is 11.1 Å². The molecule has 1 fully saturated rings. The molecule has 1 aliphatic heterocycles. The number of rotatable bonds is 5. The van der Waals surface area contributed by atoms with Crippen LogP contribution < -0.4 is 5.32 Å². The van der Waals surface area contributed by atoms with Crippen molar-refractivity contribution in [3.63, 3.8) is 0 Å². The van der Waals surface area contributed by atoms with E-state index in [0.29, 0.717) is 21.7 Å². The van der Waals surface area contributed by atoms with E-state index in [4.69, 9.17) is 25.8 Å². The molecule has 1 heterocycles. The topological polar surface area (TPSA) is 90.9 Å². The predicted molar refractivity (Wildman–Crippen MR) is 133 cm³/mol. The van der Waals surface area contributed by atoms with Gasteiger partial charge in [-0.3, -0.25) is 9.59 Å². The van der Waals surface area contributed by atoms with Gasteiger partial charge in [0.1, 0.15) is 11.4 Å². The van der Waals surface area contributed by atoms with Crippen molar-refractivity contribution in [1.29, 1.82) is 0 Å². The molecule has 1 N–H and O–H groups in total. The number of alkyl carbamates (subject to hydrolysis) is 1. The molecule has 1 amide bonds. The van der Waals surface area contributed by atoms with Crippen LogP contribution >= 0.6 is 11.6 Å². The second kappa shape index (κ2) is 9.39. The van der Waals surface area contributed by atoms with Crippen LogP contribution in [0.3, 0.4) is 0 Å². The predicted octanol–water partition coefficient (Wildman–Crippen LogP) is 6.12. The highest BCUT2D eigenvalue weighted by Crippen LogP contribution is 2.42. The smallest absolute Gasteiger partial charge is 0.408 e. The Morgan fingerprint density at radius 1 is 1.00 bits per heavy atom. The maximum atomic E-state index is 14.4. The van der Waals surface area contributed by atoms with Gasteiger partial charge in [-0.15, -0.1) is 0 Å². The second-order valence-electron chi connectivity index (χ2n) is 10.8. The quantitative estimate of drug-likeness (QED) is 0.378. The second-order valence-corrected chi connectivity index (χ2v) is 11.3. The minimum Gasteiger partial charge on any atom is -0.444 e. The lowest BCUT2D eigenvalue weighted by Crippen LogP contribution is -2.57. The van der Waals surface area contributed by atoms with Crippen LogP contribution in [0.15, 0.2) is 42.5 Å². The highest BCUT2D eigenvalue weighted by atomic mass is 35.5. The number of esters is 2. The van der Waals surface area contributed by atoms with E-state index in [0.717, 1.165) is 0 Å².